The zero-order chi connectivity index (χ0) is 33.6. The van der Waals surface area contributed by atoms with Gasteiger partial charge < -0.3 is 14.6 Å². The fourth-order valence-corrected chi connectivity index (χ4v) is 12.2. The van der Waals surface area contributed by atoms with E-state index in [0.29, 0.717) is 23.3 Å². The normalized spacial score (nSPS) is 40.1. The number of aliphatic hydroxyl groups excluding tert-OH is 1. The monoisotopic (exact) mass is 643 g/mol. The van der Waals surface area contributed by atoms with Crippen molar-refractivity contribution in [2.45, 2.75) is 125 Å². The fourth-order valence-electron chi connectivity index (χ4n) is 12.2. The number of benzene rings is 1. The van der Waals surface area contributed by atoms with E-state index in [9.17, 15) is 9.90 Å². The zero-order valence-electron chi connectivity index (χ0n) is 30.1. The second-order valence-electron chi connectivity index (χ2n) is 18.1. The van der Waals surface area contributed by atoms with Crippen LogP contribution in [-0.2, 0) is 16.1 Å². The number of hydrogen-bond donors (Lipinski definition) is 1. The Balaban J connectivity index is 1.18. The van der Waals surface area contributed by atoms with Gasteiger partial charge in [-0.1, -0.05) is 77.5 Å². The second kappa shape index (κ2) is 10.9. The van der Waals surface area contributed by atoms with Gasteiger partial charge in [-0.25, -0.2) is 4.68 Å². The largest absolute Gasteiger partial charge is 0.494 e. The molecule has 1 aromatic carbocycles. The SMILES string of the molecule is COc1ccccc1-n1cc(COC(=O)[C@]23CCC(C)(C)C[C@H]2C2=CC[C@@H]4[C@@]5(C)CC[C@H](O)C(C)(C)[C@@H]5CC[C@@]4(C)[C@]2(C)CC3)nn1. The third-order valence-corrected chi connectivity index (χ3v) is 15.2. The first-order valence-corrected chi connectivity index (χ1v) is 18.2. The van der Waals surface area contributed by atoms with E-state index >= 15 is 0 Å². The number of aromatic nitrogens is 3. The van der Waals surface area contributed by atoms with Gasteiger partial charge in [0.2, 0.25) is 0 Å². The molecule has 5 aliphatic carbocycles. The molecule has 47 heavy (non-hydrogen) atoms. The van der Waals surface area contributed by atoms with E-state index in [2.05, 4.69) is 64.9 Å². The van der Waals surface area contributed by atoms with Crippen molar-refractivity contribution in [3.8, 4) is 11.4 Å². The Morgan fingerprint density at radius 1 is 0.957 bits per heavy atom. The third-order valence-electron chi connectivity index (χ3n) is 15.2. The molecule has 1 aromatic heterocycles. The molecule has 0 unspecified atom stereocenters. The number of allylic oxidation sites excluding steroid dienone is 2. The molecule has 0 aliphatic heterocycles. The maximum Gasteiger partial charge on any atom is 0.313 e. The number of hydrogen-bond acceptors (Lipinski definition) is 6. The summed E-state index contributed by atoms with van der Waals surface area (Å²) >= 11 is 0. The number of carbonyl (C=O) groups is 1. The predicted molar refractivity (Wildman–Crippen MR) is 183 cm³/mol. The molecular weight excluding hydrogens is 586 g/mol. The van der Waals surface area contributed by atoms with Gasteiger partial charge in [-0.3, -0.25) is 4.79 Å². The summed E-state index contributed by atoms with van der Waals surface area (Å²) in [5.41, 5.74) is 3.01. The summed E-state index contributed by atoms with van der Waals surface area (Å²) in [6, 6.07) is 7.69. The van der Waals surface area contributed by atoms with Crippen LogP contribution in [0.4, 0.5) is 0 Å². The van der Waals surface area contributed by atoms with Crippen LogP contribution in [-0.4, -0.2) is 39.3 Å². The van der Waals surface area contributed by atoms with E-state index in [-0.39, 0.29) is 51.7 Å². The summed E-state index contributed by atoms with van der Waals surface area (Å²) in [5.74, 6) is 1.95. The topological polar surface area (TPSA) is 86.5 Å². The highest BCUT2D eigenvalue weighted by molar-refractivity contribution is 5.78. The number of esters is 1. The van der Waals surface area contributed by atoms with Gasteiger partial charge in [-0.15, -0.1) is 5.10 Å². The number of carbonyl (C=O) groups excluding carboxylic acids is 1. The van der Waals surface area contributed by atoms with Gasteiger partial charge in [0.15, 0.2) is 0 Å². The molecule has 2 aromatic rings. The van der Waals surface area contributed by atoms with Crippen LogP contribution in [0.1, 0.15) is 118 Å². The van der Waals surface area contributed by atoms with E-state index in [1.807, 2.05) is 30.5 Å². The summed E-state index contributed by atoms with van der Waals surface area (Å²) in [5, 5.41) is 19.7. The highest BCUT2D eigenvalue weighted by Crippen LogP contribution is 2.75. The van der Waals surface area contributed by atoms with E-state index < -0.39 is 5.41 Å². The molecule has 0 saturated heterocycles. The summed E-state index contributed by atoms with van der Waals surface area (Å²) in [4.78, 5) is 14.5. The summed E-state index contributed by atoms with van der Waals surface area (Å²) in [6.45, 7) is 17.3. The molecule has 0 bridgehead atoms. The summed E-state index contributed by atoms with van der Waals surface area (Å²) in [7, 11) is 1.64. The number of ether oxygens (including phenoxy) is 2. The predicted octanol–water partition coefficient (Wildman–Crippen LogP) is 8.48. The molecule has 1 heterocycles. The van der Waals surface area contributed by atoms with Gasteiger partial charge >= 0.3 is 5.97 Å². The van der Waals surface area contributed by atoms with Crippen LogP contribution in [0, 0.1) is 50.2 Å². The average Bonchev–Trinajstić information content (AvgIpc) is 3.51. The molecule has 8 atom stereocenters. The lowest BCUT2D eigenvalue weighted by molar-refractivity contribution is -0.206. The van der Waals surface area contributed by atoms with E-state index in [0.717, 1.165) is 57.1 Å². The third kappa shape index (κ3) is 4.71. The van der Waals surface area contributed by atoms with E-state index in [1.165, 1.54) is 12.8 Å². The maximum atomic E-state index is 14.5. The van der Waals surface area contributed by atoms with Crippen LogP contribution < -0.4 is 4.74 Å². The Morgan fingerprint density at radius 3 is 2.47 bits per heavy atom. The number of aliphatic hydroxyl groups is 1. The van der Waals surface area contributed by atoms with Crippen LogP contribution >= 0.6 is 0 Å². The van der Waals surface area contributed by atoms with Crippen LogP contribution in [0.15, 0.2) is 42.1 Å². The van der Waals surface area contributed by atoms with Crippen molar-refractivity contribution >= 4 is 5.97 Å². The second-order valence-corrected chi connectivity index (χ2v) is 18.1. The number of nitrogens with zero attached hydrogens (tertiary/aromatic N) is 3. The van der Waals surface area contributed by atoms with Crippen molar-refractivity contribution in [3.05, 3.63) is 47.8 Å². The molecule has 7 nitrogen and oxygen atoms in total. The minimum atomic E-state index is -0.499. The van der Waals surface area contributed by atoms with Gasteiger partial charge in [0.05, 0.1) is 24.8 Å². The Labute approximate surface area is 281 Å². The molecule has 7 heteroatoms. The van der Waals surface area contributed by atoms with Crippen molar-refractivity contribution in [2.24, 2.45) is 50.2 Å². The highest BCUT2D eigenvalue weighted by atomic mass is 16.5. The molecule has 0 radical (unpaired) electrons. The molecule has 4 fully saturated rings. The molecule has 0 amide bonds. The number of rotatable bonds is 5. The van der Waals surface area contributed by atoms with Gasteiger partial charge in [-0.05, 0) is 121 Å². The van der Waals surface area contributed by atoms with Gasteiger partial charge in [0.1, 0.15) is 23.7 Å². The van der Waals surface area contributed by atoms with Crippen molar-refractivity contribution in [3.63, 3.8) is 0 Å². The van der Waals surface area contributed by atoms with Crippen LogP contribution in [0.5, 0.6) is 5.75 Å². The standard InChI is InChI=1S/C40H57N3O4/c1-35(2)19-21-40(34(45)47-25-26-24-43(42-41-26)29-11-9-10-12-30(29)46-8)22-20-38(6)27(28(40)23-35)13-14-32-37(5)17-16-33(44)36(3,4)31(37)15-18-39(32,38)7/h9-13,24,28,31-33,44H,14-23,25H2,1-8H3/t28-,31-,32+,33-,37-,38+,39+,40-/m0/s1. The number of para-hydroxylation sites is 2. The maximum absolute atomic E-state index is 14.5. The molecule has 256 valence electrons. The Bertz CT molecular complexity index is 1580. The molecule has 0 spiro atoms. The van der Waals surface area contributed by atoms with E-state index in [1.54, 1.807) is 17.4 Å². The Morgan fingerprint density at radius 2 is 1.70 bits per heavy atom. The van der Waals surface area contributed by atoms with Gasteiger partial charge in [-0.2, -0.15) is 0 Å². The van der Waals surface area contributed by atoms with Crippen LogP contribution in [0.3, 0.4) is 0 Å². The summed E-state index contributed by atoms with van der Waals surface area (Å²) < 4.78 is 13.4. The smallest absolute Gasteiger partial charge is 0.313 e. The number of fused-ring (bicyclic) bond motifs is 7. The molecule has 7 rings (SSSR count). The first-order chi connectivity index (χ1) is 22.1. The lowest BCUT2D eigenvalue weighted by Crippen LogP contribution is -2.65. The molecular formula is C40H57N3O4. The zero-order valence-corrected chi connectivity index (χ0v) is 30.1. The van der Waals surface area contributed by atoms with E-state index in [4.69, 9.17) is 9.47 Å². The van der Waals surface area contributed by atoms with Crippen LogP contribution in [0.25, 0.3) is 5.69 Å². The van der Waals surface area contributed by atoms with Crippen molar-refractivity contribution < 1.29 is 19.4 Å². The van der Waals surface area contributed by atoms with Crippen molar-refractivity contribution in [1.29, 1.82) is 0 Å². The number of methoxy groups -OCH3 is 1. The summed E-state index contributed by atoms with van der Waals surface area (Å²) in [6.07, 6.45) is 14.5. The van der Waals surface area contributed by atoms with Crippen molar-refractivity contribution in [2.75, 3.05) is 7.11 Å². The molecule has 5 aliphatic rings. The fraction of sp³-hybridized carbons (Fsp3) is 0.725. The lowest BCUT2D eigenvalue weighted by Gasteiger charge is -2.71. The van der Waals surface area contributed by atoms with Crippen molar-refractivity contribution in [1.82, 2.24) is 15.0 Å². The minimum Gasteiger partial charge on any atom is -0.494 e. The lowest BCUT2D eigenvalue weighted by atomic mass is 9.33. The first-order valence-electron chi connectivity index (χ1n) is 18.2. The quantitative estimate of drug-likeness (QED) is 0.260. The highest BCUT2D eigenvalue weighted by Gasteiger charge is 2.69. The molecule has 4 saturated carbocycles. The van der Waals surface area contributed by atoms with Gasteiger partial charge in [0, 0.05) is 0 Å². The molecule has 1 N–H and O–H groups in total. The Hall–Kier alpha value is -2.67. The Kier molecular flexibility index (Phi) is 7.63. The first kappa shape index (κ1) is 32.9. The van der Waals surface area contributed by atoms with Gasteiger partial charge in [0.25, 0.3) is 0 Å². The minimum absolute atomic E-state index is 0.0450. The average molecular weight is 644 g/mol. The van der Waals surface area contributed by atoms with Crippen LogP contribution in [0.2, 0.25) is 0 Å².